The Kier molecular flexibility index (Phi) is 68.6. The van der Waals surface area contributed by atoms with Crippen LogP contribution in [0.25, 0.3) is 0 Å². The summed E-state index contributed by atoms with van der Waals surface area (Å²) in [6.07, 6.45) is 93.5. The Labute approximate surface area is 516 Å². The molecule has 0 aromatic rings. The van der Waals surface area contributed by atoms with Gasteiger partial charge in [-0.1, -0.05) is 325 Å². The molecule has 0 aliphatic rings. The lowest BCUT2D eigenvalue weighted by atomic mass is 10.0. The second-order valence-electron chi connectivity index (χ2n) is 24.5. The number of ether oxygens (including phenoxy) is 3. The quantitative estimate of drug-likeness (QED) is 0.0261. The van der Waals surface area contributed by atoms with Gasteiger partial charge in [-0.2, -0.15) is 0 Å². The number of esters is 3. The van der Waals surface area contributed by atoms with Crippen molar-refractivity contribution in [3.63, 3.8) is 0 Å². The molecule has 0 bridgehead atoms. The summed E-state index contributed by atoms with van der Waals surface area (Å²) in [6, 6.07) is 0. The van der Waals surface area contributed by atoms with Crippen LogP contribution in [0.15, 0.2) is 72.9 Å². The predicted octanol–water partition coefficient (Wildman–Crippen LogP) is 25.2. The van der Waals surface area contributed by atoms with Crippen LogP contribution in [-0.4, -0.2) is 37.2 Å². The van der Waals surface area contributed by atoms with Crippen molar-refractivity contribution in [1.29, 1.82) is 0 Å². The molecule has 0 radical (unpaired) electrons. The van der Waals surface area contributed by atoms with Gasteiger partial charge < -0.3 is 14.2 Å². The van der Waals surface area contributed by atoms with Crippen molar-refractivity contribution in [3.05, 3.63) is 72.9 Å². The van der Waals surface area contributed by atoms with Crippen LogP contribution >= 0.6 is 0 Å². The number of hydrogen-bond acceptors (Lipinski definition) is 6. The van der Waals surface area contributed by atoms with E-state index in [4.69, 9.17) is 14.2 Å². The van der Waals surface area contributed by atoms with E-state index >= 15 is 0 Å². The monoisotopic (exact) mass is 1160 g/mol. The van der Waals surface area contributed by atoms with Gasteiger partial charge in [-0.25, -0.2) is 0 Å². The highest BCUT2D eigenvalue weighted by molar-refractivity contribution is 5.71. The number of allylic oxidation sites excluding steroid dienone is 12. The third-order valence-electron chi connectivity index (χ3n) is 16.2. The fourth-order valence-electron chi connectivity index (χ4n) is 10.7. The molecule has 0 N–H and O–H groups in total. The summed E-state index contributed by atoms with van der Waals surface area (Å²) < 4.78 is 17.0. The summed E-state index contributed by atoms with van der Waals surface area (Å²) in [6.45, 7) is 6.58. The number of rotatable bonds is 67. The molecule has 0 aliphatic carbocycles. The van der Waals surface area contributed by atoms with E-state index in [2.05, 4.69) is 93.7 Å². The Morgan fingerprint density at radius 3 is 0.747 bits per heavy atom. The van der Waals surface area contributed by atoms with Gasteiger partial charge in [0, 0.05) is 19.3 Å². The number of carbonyl (C=O) groups excluding carboxylic acids is 3. The lowest BCUT2D eigenvalue weighted by Gasteiger charge is -2.18. The van der Waals surface area contributed by atoms with E-state index in [9.17, 15) is 14.4 Å². The molecule has 0 amide bonds. The Bertz CT molecular complexity index is 1520. The molecule has 0 aromatic heterocycles. The van der Waals surface area contributed by atoms with E-state index in [1.54, 1.807) is 0 Å². The first-order valence-corrected chi connectivity index (χ1v) is 36.4. The van der Waals surface area contributed by atoms with Gasteiger partial charge in [-0.3, -0.25) is 14.4 Å². The standard InChI is InChI=1S/C77H138O6/c1-4-7-10-13-16-19-22-25-28-31-34-36-38-40-43-46-49-52-55-58-61-64-67-70-76(79)82-73-74(72-81-75(78)69-66-63-60-57-54-51-48-45-42-33-30-27-24-21-18-15-12-9-6-3)83-77(80)71-68-65-62-59-56-53-50-47-44-41-39-37-35-32-29-26-23-20-17-14-11-8-5-2/h7,10,16,19,25,27-28,30,32,34-36,74H,4-6,8-9,11-15,17-18,20-24,26,29,31,33,37-73H2,1-3H3/b10-7-,19-16-,28-25-,30-27-,35-32-,36-34-. The molecule has 0 saturated heterocycles. The third kappa shape index (κ3) is 69.5. The zero-order valence-corrected chi connectivity index (χ0v) is 55.5. The van der Waals surface area contributed by atoms with E-state index in [0.717, 1.165) is 83.5 Å². The Balaban J connectivity index is 4.35. The minimum Gasteiger partial charge on any atom is -0.462 e. The molecule has 1 unspecified atom stereocenters. The van der Waals surface area contributed by atoms with Crippen molar-refractivity contribution < 1.29 is 28.6 Å². The van der Waals surface area contributed by atoms with Gasteiger partial charge in [0.15, 0.2) is 6.10 Å². The summed E-state index contributed by atoms with van der Waals surface area (Å²) in [7, 11) is 0. The summed E-state index contributed by atoms with van der Waals surface area (Å²) in [5.41, 5.74) is 0. The highest BCUT2D eigenvalue weighted by Crippen LogP contribution is 2.18. The van der Waals surface area contributed by atoms with E-state index in [1.165, 1.54) is 257 Å². The van der Waals surface area contributed by atoms with E-state index in [-0.39, 0.29) is 31.1 Å². The smallest absolute Gasteiger partial charge is 0.306 e. The van der Waals surface area contributed by atoms with E-state index < -0.39 is 6.10 Å². The fourth-order valence-corrected chi connectivity index (χ4v) is 10.7. The molecule has 0 aliphatic heterocycles. The molecule has 6 nitrogen and oxygen atoms in total. The number of unbranched alkanes of at least 4 members (excludes halogenated alkanes) is 44. The van der Waals surface area contributed by atoms with Gasteiger partial charge in [-0.15, -0.1) is 0 Å². The van der Waals surface area contributed by atoms with Gasteiger partial charge in [0.05, 0.1) is 0 Å². The first-order valence-electron chi connectivity index (χ1n) is 36.4. The molecule has 6 heteroatoms. The Morgan fingerprint density at radius 2 is 0.470 bits per heavy atom. The molecule has 0 fully saturated rings. The zero-order chi connectivity index (χ0) is 59.9. The van der Waals surface area contributed by atoms with Crippen LogP contribution in [-0.2, 0) is 28.6 Å². The van der Waals surface area contributed by atoms with E-state index in [0.29, 0.717) is 19.3 Å². The average Bonchev–Trinajstić information content (AvgIpc) is 3.49. The summed E-state index contributed by atoms with van der Waals surface area (Å²) >= 11 is 0. The molecule has 1 atom stereocenters. The highest BCUT2D eigenvalue weighted by atomic mass is 16.6. The first-order chi connectivity index (χ1) is 41.0. The van der Waals surface area contributed by atoms with Crippen molar-refractivity contribution in [2.45, 2.75) is 386 Å². The summed E-state index contributed by atoms with van der Waals surface area (Å²) in [5, 5.41) is 0. The Morgan fingerprint density at radius 1 is 0.253 bits per heavy atom. The maximum absolute atomic E-state index is 13.0. The lowest BCUT2D eigenvalue weighted by Crippen LogP contribution is -2.30. The normalized spacial score (nSPS) is 12.5. The lowest BCUT2D eigenvalue weighted by molar-refractivity contribution is -0.167. The van der Waals surface area contributed by atoms with E-state index in [1.807, 2.05) is 0 Å². The molecular formula is C77H138O6. The first kappa shape index (κ1) is 79.8. The van der Waals surface area contributed by atoms with Crippen LogP contribution in [0.3, 0.4) is 0 Å². The van der Waals surface area contributed by atoms with Crippen LogP contribution in [0, 0.1) is 0 Å². The molecule has 0 spiro atoms. The van der Waals surface area contributed by atoms with Crippen molar-refractivity contribution in [2.24, 2.45) is 0 Å². The molecule has 0 heterocycles. The van der Waals surface area contributed by atoms with Crippen molar-refractivity contribution in [2.75, 3.05) is 13.2 Å². The molecule has 0 aromatic carbocycles. The van der Waals surface area contributed by atoms with Crippen LogP contribution < -0.4 is 0 Å². The maximum atomic E-state index is 13.0. The third-order valence-corrected chi connectivity index (χ3v) is 16.2. The predicted molar refractivity (Wildman–Crippen MR) is 362 cm³/mol. The Hall–Kier alpha value is -3.15. The van der Waals surface area contributed by atoms with Gasteiger partial charge in [0.25, 0.3) is 0 Å². The van der Waals surface area contributed by atoms with Crippen LogP contribution in [0.2, 0.25) is 0 Å². The van der Waals surface area contributed by atoms with Gasteiger partial charge >= 0.3 is 17.9 Å². The largest absolute Gasteiger partial charge is 0.462 e. The number of carbonyl (C=O) groups is 3. The second-order valence-corrected chi connectivity index (χ2v) is 24.5. The SMILES string of the molecule is CC/C=C\C/C=C\C/C=C\C/C=C\CCCCCCCCCCCCC(=O)OCC(COC(=O)CCCCCCCCCCC/C=C\CCCCCCCC)OC(=O)CCCCCCCCCCCCC/C=C\CCCCCCCCCC. The van der Waals surface area contributed by atoms with Crippen LogP contribution in [0.4, 0.5) is 0 Å². The van der Waals surface area contributed by atoms with Gasteiger partial charge in [-0.05, 0) is 109 Å². The second kappa shape index (κ2) is 71.3. The molecule has 83 heavy (non-hydrogen) atoms. The minimum atomic E-state index is -0.780. The van der Waals surface area contributed by atoms with Crippen molar-refractivity contribution in [3.8, 4) is 0 Å². The molecule has 0 rings (SSSR count). The fraction of sp³-hybridized carbons (Fsp3) is 0.805. The average molecular weight is 1160 g/mol. The zero-order valence-electron chi connectivity index (χ0n) is 55.5. The van der Waals surface area contributed by atoms with Gasteiger partial charge in [0.1, 0.15) is 13.2 Å². The summed E-state index contributed by atoms with van der Waals surface area (Å²) in [4.78, 5) is 38.5. The topological polar surface area (TPSA) is 78.9 Å². The molecule has 482 valence electrons. The maximum Gasteiger partial charge on any atom is 0.306 e. The minimum absolute atomic E-state index is 0.0749. The highest BCUT2D eigenvalue weighted by Gasteiger charge is 2.19. The number of hydrogen-bond donors (Lipinski definition) is 0. The van der Waals surface area contributed by atoms with Crippen LogP contribution in [0.1, 0.15) is 380 Å². The summed E-state index contributed by atoms with van der Waals surface area (Å²) in [5.74, 6) is -0.858. The molecular weight excluding hydrogens is 1020 g/mol. The van der Waals surface area contributed by atoms with Crippen molar-refractivity contribution >= 4 is 17.9 Å². The van der Waals surface area contributed by atoms with Gasteiger partial charge in [0.2, 0.25) is 0 Å². The van der Waals surface area contributed by atoms with Crippen molar-refractivity contribution in [1.82, 2.24) is 0 Å². The molecule has 0 saturated carbocycles. The van der Waals surface area contributed by atoms with Crippen LogP contribution in [0.5, 0.6) is 0 Å².